The molecule has 2 aliphatic heterocycles. The van der Waals surface area contributed by atoms with Gasteiger partial charge in [0.15, 0.2) is 0 Å². The van der Waals surface area contributed by atoms with Crippen molar-refractivity contribution in [2.24, 2.45) is 0 Å². The van der Waals surface area contributed by atoms with Gasteiger partial charge in [-0.15, -0.1) is 0 Å². The highest BCUT2D eigenvalue weighted by molar-refractivity contribution is 5.75. The van der Waals surface area contributed by atoms with E-state index in [0.29, 0.717) is 0 Å². The fourth-order valence-electron chi connectivity index (χ4n) is 6.01. The van der Waals surface area contributed by atoms with Gasteiger partial charge in [0.25, 0.3) is 0 Å². The Morgan fingerprint density at radius 2 is 1.66 bits per heavy atom. The molecule has 6 rings (SSSR count). The number of aromatic nitrogens is 2. The van der Waals surface area contributed by atoms with Crippen molar-refractivity contribution in [1.82, 2.24) is 19.4 Å². The lowest BCUT2D eigenvalue weighted by Gasteiger charge is -2.36. The lowest BCUT2D eigenvalue weighted by atomic mass is 10.0. The molecule has 3 aromatic carbocycles. The number of anilines is 1. The second-order valence-electron chi connectivity index (χ2n) is 10.5. The summed E-state index contributed by atoms with van der Waals surface area (Å²) in [5.74, 6) is 0. The number of piperazine rings is 1. The molecule has 0 amide bonds. The Morgan fingerprint density at radius 3 is 2.42 bits per heavy atom. The fraction of sp³-hybridized carbons (Fsp3) is 0.387. The maximum absolute atomic E-state index is 12.6. The summed E-state index contributed by atoms with van der Waals surface area (Å²) in [5.41, 5.74) is 6.80. The second kappa shape index (κ2) is 11.2. The molecular formula is C31H36N5O2. The molecule has 2 fully saturated rings. The first-order valence-corrected chi connectivity index (χ1v) is 13.8. The molecule has 197 valence electrons. The predicted molar refractivity (Wildman–Crippen MR) is 153 cm³/mol. The smallest absolute Gasteiger partial charge is 0.326 e. The van der Waals surface area contributed by atoms with E-state index in [9.17, 15) is 9.90 Å². The zero-order chi connectivity index (χ0) is 25.9. The van der Waals surface area contributed by atoms with Crippen LogP contribution in [0.2, 0.25) is 0 Å². The lowest BCUT2D eigenvalue weighted by Crippen LogP contribution is -2.47. The molecule has 0 spiro atoms. The molecule has 38 heavy (non-hydrogen) atoms. The number of para-hydroxylation sites is 2. The number of fused-ring (bicyclic) bond motifs is 1. The van der Waals surface area contributed by atoms with Gasteiger partial charge in [0.05, 0.1) is 17.6 Å². The number of aliphatic hydroxyl groups excluding tert-OH is 1. The molecule has 7 nitrogen and oxygen atoms in total. The third-order valence-corrected chi connectivity index (χ3v) is 8.16. The number of β-amino-alcohol motifs (C(OH)–C–C–N with tert-alkyl or cyclic N) is 1. The van der Waals surface area contributed by atoms with Crippen LogP contribution in [0.1, 0.15) is 24.4 Å². The molecule has 0 atom stereocenters. The summed E-state index contributed by atoms with van der Waals surface area (Å²) in [5, 5.41) is 9.19. The highest BCUT2D eigenvalue weighted by Crippen LogP contribution is 2.28. The van der Waals surface area contributed by atoms with Crippen LogP contribution in [0.3, 0.4) is 0 Å². The third-order valence-electron chi connectivity index (χ3n) is 8.16. The van der Waals surface area contributed by atoms with Gasteiger partial charge in [0.2, 0.25) is 0 Å². The van der Waals surface area contributed by atoms with E-state index in [1.165, 1.54) is 16.8 Å². The largest absolute Gasteiger partial charge is 0.395 e. The van der Waals surface area contributed by atoms with Crippen LogP contribution < -0.4 is 10.6 Å². The number of H-pyrrole nitrogens is 1. The molecule has 0 saturated carbocycles. The molecule has 0 bridgehead atoms. The second-order valence-corrected chi connectivity index (χ2v) is 10.5. The van der Waals surface area contributed by atoms with E-state index in [0.717, 1.165) is 81.8 Å². The maximum Gasteiger partial charge on any atom is 0.326 e. The minimum atomic E-state index is 0.00469. The Hall–Kier alpha value is -3.39. The van der Waals surface area contributed by atoms with Crippen LogP contribution in [0, 0.1) is 6.07 Å². The number of benzene rings is 3. The summed E-state index contributed by atoms with van der Waals surface area (Å²) in [6, 6.07) is 27.0. The van der Waals surface area contributed by atoms with Crippen molar-refractivity contribution < 1.29 is 5.11 Å². The van der Waals surface area contributed by atoms with Crippen molar-refractivity contribution >= 4 is 16.7 Å². The van der Waals surface area contributed by atoms with Gasteiger partial charge in [0, 0.05) is 64.1 Å². The van der Waals surface area contributed by atoms with Gasteiger partial charge in [-0.3, -0.25) is 14.4 Å². The summed E-state index contributed by atoms with van der Waals surface area (Å²) in [6.45, 7) is 7.82. The molecule has 0 unspecified atom stereocenters. The maximum atomic E-state index is 12.6. The van der Waals surface area contributed by atoms with Crippen LogP contribution in [0.5, 0.6) is 0 Å². The van der Waals surface area contributed by atoms with Crippen molar-refractivity contribution in [3.63, 3.8) is 0 Å². The average molecular weight is 511 g/mol. The standard InChI is InChI=1S/C31H36N5O2/c37-21-20-33-16-18-35(19-17-33)28-5-3-4-26(22-28)25-10-8-24(9-11-25)23-34-14-12-27(13-15-34)36-30-7-2-1-6-29(30)32-31(36)38/h1-3,5-11,22,27,37H,12-21,23H2,(H,32,38). The number of nitrogens with one attached hydrogen (secondary N) is 1. The molecule has 1 aromatic heterocycles. The van der Waals surface area contributed by atoms with E-state index in [4.69, 9.17) is 0 Å². The van der Waals surface area contributed by atoms with Crippen LogP contribution in [-0.4, -0.2) is 76.9 Å². The Labute approximate surface area is 223 Å². The van der Waals surface area contributed by atoms with E-state index in [1.807, 2.05) is 34.9 Å². The molecule has 2 aliphatic rings. The molecule has 2 saturated heterocycles. The molecule has 0 aliphatic carbocycles. The van der Waals surface area contributed by atoms with Crippen molar-refractivity contribution in [2.45, 2.75) is 25.4 Å². The summed E-state index contributed by atoms with van der Waals surface area (Å²) < 4.78 is 1.96. The first-order valence-electron chi connectivity index (χ1n) is 13.8. The zero-order valence-corrected chi connectivity index (χ0v) is 21.9. The average Bonchev–Trinajstić information content (AvgIpc) is 3.30. The van der Waals surface area contributed by atoms with E-state index in [1.54, 1.807) is 0 Å². The number of piperidine rings is 1. The number of nitrogens with zero attached hydrogens (tertiary/aromatic N) is 4. The van der Waals surface area contributed by atoms with Crippen LogP contribution >= 0.6 is 0 Å². The summed E-state index contributed by atoms with van der Waals surface area (Å²) >= 11 is 0. The van der Waals surface area contributed by atoms with Crippen LogP contribution in [0.4, 0.5) is 5.69 Å². The minimum Gasteiger partial charge on any atom is -0.395 e. The first-order chi connectivity index (χ1) is 18.7. The highest BCUT2D eigenvalue weighted by atomic mass is 16.3. The van der Waals surface area contributed by atoms with Crippen molar-refractivity contribution in [3.05, 3.63) is 88.8 Å². The monoisotopic (exact) mass is 510 g/mol. The molecule has 2 N–H and O–H groups in total. The fourth-order valence-corrected chi connectivity index (χ4v) is 6.01. The summed E-state index contributed by atoms with van der Waals surface area (Å²) in [4.78, 5) is 22.8. The van der Waals surface area contributed by atoms with E-state index in [-0.39, 0.29) is 18.3 Å². The normalized spacial score (nSPS) is 17.9. The van der Waals surface area contributed by atoms with Crippen molar-refractivity contribution in [1.29, 1.82) is 0 Å². The number of aromatic amines is 1. The number of imidazole rings is 1. The van der Waals surface area contributed by atoms with Gasteiger partial charge in [-0.2, -0.15) is 0 Å². The van der Waals surface area contributed by atoms with Gasteiger partial charge >= 0.3 is 5.69 Å². The van der Waals surface area contributed by atoms with Gasteiger partial charge in [-0.1, -0.05) is 42.5 Å². The topological polar surface area (TPSA) is 67.7 Å². The van der Waals surface area contributed by atoms with Crippen LogP contribution in [-0.2, 0) is 6.54 Å². The molecule has 7 heteroatoms. The molecule has 4 aromatic rings. The van der Waals surface area contributed by atoms with Crippen LogP contribution in [0.25, 0.3) is 22.2 Å². The van der Waals surface area contributed by atoms with E-state index < -0.39 is 0 Å². The van der Waals surface area contributed by atoms with Gasteiger partial charge in [-0.25, -0.2) is 4.79 Å². The summed E-state index contributed by atoms with van der Waals surface area (Å²) in [7, 11) is 0. The highest BCUT2D eigenvalue weighted by Gasteiger charge is 2.23. The Bertz CT molecular complexity index is 1410. The minimum absolute atomic E-state index is 0.00469. The number of hydrogen-bond donors (Lipinski definition) is 2. The Kier molecular flexibility index (Phi) is 7.31. The Morgan fingerprint density at radius 1 is 0.895 bits per heavy atom. The van der Waals surface area contributed by atoms with Gasteiger partial charge < -0.3 is 15.0 Å². The van der Waals surface area contributed by atoms with Crippen molar-refractivity contribution in [2.75, 3.05) is 57.3 Å². The Balaban J connectivity index is 1.06. The third kappa shape index (κ3) is 5.27. The predicted octanol–water partition coefficient (Wildman–Crippen LogP) is 3.75. The molecule has 3 heterocycles. The number of aliphatic hydroxyl groups is 1. The van der Waals surface area contributed by atoms with Crippen LogP contribution in [0.15, 0.2) is 71.5 Å². The number of likely N-dealkylation sites (tertiary alicyclic amines) is 1. The van der Waals surface area contributed by atoms with Gasteiger partial charge in [-0.05, 0) is 59.9 Å². The molecule has 1 radical (unpaired) electrons. The van der Waals surface area contributed by atoms with Gasteiger partial charge in [0.1, 0.15) is 0 Å². The quantitative estimate of drug-likeness (QED) is 0.397. The number of hydrogen-bond acceptors (Lipinski definition) is 5. The molecular weight excluding hydrogens is 474 g/mol. The SMILES string of the molecule is O=c1[nH]c2ccccc2n1C1CCN(Cc2ccc(-c3[c]ccc(N4CCN(CCO)CC4)c3)cc2)CC1. The van der Waals surface area contributed by atoms with E-state index in [2.05, 4.69) is 62.1 Å². The number of rotatable bonds is 7. The van der Waals surface area contributed by atoms with Crippen molar-refractivity contribution in [3.8, 4) is 11.1 Å². The first kappa shape index (κ1) is 24.9. The zero-order valence-electron chi connectivity index (χ0n) is 21.9. The van der Waals surface area contributed by atoms with E-state index >= 15 is 0 Å². The lowest BCUT2D eigenvalue weighted by molar-refractivity contribution is 0.180. The summed E-state index contributed by atoms with van der Waals surface area (Å²) in [6.07, 6.45) is 1.96.